The standard InChI is InChI=1S/C14H26N4O2/c1-6-18-12(7-8-17-18)10-15-11(2)9-16-13(19)20-14(3,4)5/h7-8,11,15H,6,9-10H2,1-5H3,(H,16,19). The molecule has 114 valence electrons. The van der Waals surface area contributed by atoms with Gasteiger partial charge in [-0.1, -0.05) is 0 Å². The van der Waals surface area contributed by atoms with Crippen LogP contribution in [0, 0.1) is 0 Å². The molecule has 0 saturated carbocycles. The molecule has 20 heavy (non-hydrogen) atoms. The Kier molecular flexibility index (Phi) is 6.01. The van der Waals surface area contributed by atoms with Crippen molar-refractivity contribution in [1.82, 2.24) is 20.4 Å². The molecule has 6 nitrogen and oxygen atoms in total. The zero-order valence-electron chi connectivity index (χ0n) is 13.1. The van der Waals surface area contributed by atoms with Gasteiger partial charge in [-0.15, -0.1) is 0 Å². The maximum Gasteiger partial charge on any atom is 0.407 e. The Bertz CT molecular complexity index is 423. The molecule has 0 spiro atoms. The summed E-state index contributed by atoms with van der Waals surface area (Å²) in [4.78, 5) is 11.5. The molecule has 1 amide bonds. The highest BCUT2D eigenvalue weighted by molar-refractivity contribution is 5.67. The highest BCUT2D eigenvalue weighted by atomic mass is 16.6. The van der Waals surface area contributed by atoms with Gasteiger partial charge in [0.25, 0.3) is 0 Å². The van der Waals surface area contributed by atoms with Crippen molar-refractivity contribution < 1.29 is 9.53 Å². The SMILES string of the molecule is CCn1nccc1CNC(C)CNC(=O)OC(C)(C)C. The first-order chi connectivity index (χ1) is 9.31. The fourth-order valence-corrected chi connectivity index (χ4v) is 1.70. The Hall–Kier alpha value is -1.56. The van der Waals surface area contributed by atoms with Crippen LogP contribution in [0.5, 0.6) is 0 Å². The van der Waals surface area contributed by atoms with E-state index in [1.54, 1.807) is 6.20 Å². The van der Waals surface area contributed by atoms with E-state index < -0.39 is 5.60 Å². The Balaban J connectivity index is 2.27. The molecule has 2 N–H and O–H groups in total. The van der Waals surface area contributed by atoms with Gasteiger partial charge in [-0.2, -0.15) is 5.10 Å². The van der Waals surface area contributed by atoms with Gasteiger partial charge in [0.05, 0.1) is 5.69 Å². The third-order valence-corrected chi connectivity index (χ3v) is 2.69. The Morgan fingerprint density at radius 2 is 2.20 bits per heavy atom. The second kappa shape index (κ2) is 7.28. The lowest BCUT2D eigenvalue weighted by Gasteiger charge is -2.21. The largest absolute Gasteiger partial charge is 0.444 e. The summed E-state index contributed by atoms with van der Waals surface area (Å²) < 4.78 is 7.13. The second-order valence-electron chi connectivity index (χ2n) is 5.80. The third-order valence-electron chi connectivity index (χ3n) is 2.69. The number of carbonyl (C=O) groups excluding carboxylic acids is 1. The lowest BCUT2D eigenvalue weighted by Crippen LogP contribution is -2.41. The number of hydrogen-bond acceptors (Lipinski definition) is 4. The zero-order chi connectivity index (χ0) is 15.2. The summed E-state index contributed by atoms with van der Waals surface area (Å²) in [6.45, 7) is 11.7. The predicted molar refractivity (Wildman–Crippen MR) is 78.4 cm³/mol. The Labute approximate surface area is 120 Å². The summed E-state index contributed by atoms with van der Waals surface area (Å²) in [5, 5.41) is 10.3. The van der Waals surface area contributed by atoms with E-state index in [1.165, 1.54) is 0 Å². The van der Waals surface area contributed by atoms with Crippen LogP contribution in [0.4, 0.5) is 4.79 Å². The molecular weight excluding hydrogens is 256 g/mol. The lowest BCUT2D eigenvalue weighted by atomic mass is 10.2. The van der Waals surface area contributed by atoms with Crippen LogP contribution in [0.15, 0.2) is 12.3 Å². The number of nitrogens with zero attached hydrogens (tertiary/aromatic N) is 2. The van der Waals surface area contributed by atoms with Crippen LogP contribution in [0.3, 0.4) is 0 Å². The summed E-state index contributed by atoms with van der Waals surface area (Å²) in [5.41, 5.74) is 0.672. The maximum absolute atomic E-state index is 11.5. The van der Waals surface area contributed by atoms with E-state index in [-0.39, 0.29) is 12.1 Å². The molecule has 1 heterocycles. The van der Waals surface area contributed by atoms with Crippen LogP contribution >= 0.6 is 0 Å². The molecule has 0 aliphatic heterocycles. The minimum absolute atomic E-state index is 0.155. The topological polar surface area (TPSA) is 68.2 Å². The molecule has 1 aromatic rings. The van der Waals surface area contributed by atoms with Crippen LogP contribution < -0.4 is 10.6 Å². The minimum Gasteiger partial charge on any atom is -0.444 e. The van der Waals surface area contributed by atoms with Crippen molar-refractivity contribution >= 4 is 6.09 Å². The third kappa shape index (κ3) is 6.06. The summed E-state index contributed by atoms with van der Waals surface area (Å²) in [6, 6.07) is 2.15. The number of alkyl carbamates (subject to hydrolysis) is 1. The molecule has 0 radical (unpaired) electrons. The summed E-state index contributed by atoms with van der Waals surface area (Å²) >= 11 is 0. The lowest BCUT2D eigenvalue weighted by molar-refractivity contribution is 0.0523. The van der Waals surface area contributed by atoms with E-state index in [0.717, 1.165) is 18.8 Å². The van der Waals surface area contributed by atoms with Gasteiger partial charge in [0.1, 0.15) is 5.60 Å². The minimum atomic E-state index is -0.464. The number of rotatable bonds is 6. The van der Waals surface area contributed by atoms with Crippen molar-refractivity contribution in [2.45, 2.75) is 59.4 Å². The predicted octanol–water partition coefficient (Wildman–Crippen LogP) is 1.91. The molecule has 0 fully saturated rings. The molecule has 0 saturated heterocycles. The first-order valence-electron chi connectivity index (χ1n) is 7.02. The number of nitrogens with one attached hydrogen (secondary N) is 2. The molecule has 0 aliphatic carbocycles. The number of carbonyl (C=O) groups is 1. The average molecular weight is 282 g/mol. The first kappa shape index (κ1) is 16.5. The van der Waals surface area contributed by atoms with Crippen LogP contribution in [-0.2, 0) is 17.8 Å². The Morgan fingerprint density at radius 1 is 1.50 bits per heavy atom. The van der Waals surface area contributed by atoms with Gasteiger partial charge in [-0.05, 0) is 40.7 Å². The molecular formula is C14H26N4O2. The monoisotopic (exact) mass is 282 g/mol. The van der Waals surface area contributed by atoms with E-state index >= 15 is 0 Å². The van der Waals surface area contributed by atoms with Gasteiger partial charge < -0.3 is 15.4 Å². The molecule has 1 rings (SSSR count). The number of amides is 1. The fraction of sp³-hybridized carbons (Fsp3) is 0.714. The van der Waals surface area contributed by atoms with Gasteiger partial charge >= 0.3 is 6.09 Å². The van der Waals surface area contributed by atoms with Crippen molar-refractivity contribution in [3.05, 3.63) is 18.0 Å². The Morgan fingerprint density at radius 3 is 2.80 bits per heavy atom. The van der Waals surface area contributed by atoms with Crippen molar-refractivity contribution in [2.24, 2.45) is 0 Å². The highest BCUT2D eigenvalue weighted by Gasteiger charge is 2.16. The van der Waals surface area contributed by atoms with Gasteiger partial charge in [-0.3, -0.25) is 4.68 Å². The van der Waals surface area contributed by atoms with Crippen LogP contribution in [0.2, 0.25) is 0 Å². The smallest absolute Gasteiger partial charge is 0.407 e. The number of hydrogen-bond donors (Lipinski definition) is 2. The molecule has 1 aromatic heterocycles. The molecule has 1 atom stereocenters. The summed E-state index contributed by atoms with van der Waals surface area (Å²) in [7, 11) is 0. The van der Waals surface area contributed by atoms with Gasteiger partial charge in [0.15, 0.2) is 0 Å². The molecule has 1 unspecified atom stereocenters. The average Bonchev–Trinajstić information content (AvgIpc) is 2.79. The number of aryl methyl sites for hydroxylation is 1. The van der Waals surface area contributed by atoms with Crippen LogP contribution in [0.25, 0.3) is 0 Å². The van der Waals surface area contributed by atoms with Crippen molar-refractivity contribution in [3.8, 4) is 0 Å². The molecule has 6 heteroatoms. The van der Waals surface area contributed by atoms with Gasteiger partial charge in [0, 0.05) is 31.9 Å². The van der Waals surface area contributed by atoms with E-state index in [9.17, 15) is 4.79 Å². The number of aromatic nitrogens is 2. The first-order valence-corrected chi connectivity index (χ1v) is 7.02. The fourth-order valence-electron chi connectivity index (χ4n) is 1.70. The van der Waals surface area contributed by atoms with E-state index in [1.807, 2.05) is 38.4 Å². The van der Waals surface area contributed by atoms with Crippen LogP contribution in [0.1, 0.15) is 40.3 Å². The van der Waals surface area contributed by atoms with Crippen molar-refractivity contribution in [2.75, 3.05) is 6.54 Å². The number of ether oxygens (including phenoxy) is 1. The van der Waals surface area contributed by atoms with E-state index in [0.29, 0.717) is 6.54 Å². The normalized spacial score (nSPS) is 13.1. The maximum atomic E-state index is 11.5. The zero-order valence-corrected chi connectivity index (χ0v) is 13.1. The van der Waals surface area contributed by atoms with Crippen molar-refractivity contribution in [1.29, 1.82) is 0 Å². The second-order valence-corrected chi connectivity index (χ2v) is 5.80. The molecule has 0 aliphatic rings. The van der Waals surface area contributed by atoms with E-state index in [4.69, 9.17) is 4.74 Å². The summed E-state index contributed by atoms with van der Waals surface area (Å²) in [6.07, 6.45) is 1.41. The summed E-state index contributed by atoms with van der Waals surface area (Å²) in [5.74, 6) is 0. The highest BCUT2D eigenvalue weighted by Crippen LogP contribution is 2.06. The van der Waals surface area contributed by atoms with Gasteiger partial charge in [0.2, 0.25) is 0 Å². The molecule has 0 aromatic carbocycles. The van der Waals surface area contributed by atoms with E-state index in [2.05, 4.69) is 22.7 Å². The van der Waals surface area contributed by atoms with Crippen molar-refractivity contribution in [3.63, 3.8) is 0 Å². The van der Waals surface area contributed by atoms with Crippen LogP contribution in [-0.4, -0.2) is 34.1 Å². The van der Waals surface area contributed by atoms with Gasteiger partial charge in [-0.25, -0.2) is 4.79 Å². The molecule has 0 bridgehead atoms. The quantitative estimate of drug-likeness (QED) is 0.836.